The molecule has 0 saturated heterocycles. The summed E-state index contributed by atoms with van der Waals surface area (Å²) in [7, 11) is 0. The van der Waals surface area contributed by atoms with Gasteiger partial charge in [0.2, 0.25) is 11.9 Å². The highest BCUT2D eigenvalue weighted by molar-refractivity contribution is 6.10. The predicted molar refractivity (Wildman–Crippen MR) is 229 cm³/mol. The zero-order valence-corrected chi connectivity index (χ0v) is 31.3. The third-order valence-electron chi connectivity index (χ3n) is 13.4. The first kappa shape index (κ1) is 31.4. The minimum absolute atomic E-state index is 0.00231. The minimum atomic E-state index is -0.00231. The first-order valence-corrected chi connectivity index (χ1v) is 20.3. The molecule has 1 fully saturated rings. The van der Waals surface area contributed by atoms with Gasteiger partial charge in [0.25, 0.3) is 0 Å². The summed E-state index contributed by atoms with van der Waals surface area (Å²) < 4.78 is 8.83. The van der Waals surface area contributed by atoms with E-state index in [9.17, 15) is 0 Å². The molecule has 0 radical (unpaired) electrons. The van der Waals surface area contributed by atoms with Gasteiger partial charge >= 0.3 is 0 Å². The maximum atomic E-state index is 6.62. The molecule has 272 valence electrons. The fourth-order valence-electron chi connectivity index (χ4n) is 11.0. The van der Waals surface area contributed by atoms with Gasteiger partial charge in [-0.1, -0.05) is 141 Å². The van der Waals surface area contributed by atoms with E-state index in [2.05, 4.69) is 149 Å². The van der Waals surface area contributed by atoms with Gasteiger partial charge in [-0.2, -0.15) is 15.0 Å². The van der Waals surface area contributed by atoms with Gasteiger partial charge in [0.05, 0.1) is 22.6 Å². The van der Waals surface area contributed by atoms with Gasteiger partial charge < -0.3 is 9.32 Å². The lowest BCUT2D eigenvalue weighted by atomic mass is 9.66. The monoisotopic (exact) mass is 735 g/mol. The molecule has 0 N–H and O–H groups in total. The van der Waals surface area contributed by atoms with Crippen LogP contribution in [0.5, 0.6) is 0 Å². The second-order valence-electron chi connectivity index (χ2n) is 16.2. The Kier molecular flexibility index (Phi) is 6.40. The van der Waals surface area contributed by atoms with Crippen LogP contribution >= 0.6 is 0 Å². The lowest BCUT2D eigenvalue weighted by molar-refractivity contribution is 0.351. The molecule has 6 heteroatoms. The molecule has 4 heterocycles. The van der Waals surface area contributed by atoms with E-state index in [1.54, 1.807) is 0 Å². The van der Waals surface area contributed by atoms with Crippen LogP contribution in [0.15, 0.2) is 162 Å². The summed E-state index contributed by atoms with van der Waals surface area (Å²) in [5, 5.41) is 4.45. The Hall–Kier alpha value is -6.79. The topological polar surface area (TPSA) is 60.0 Å². The third-order valence-corrected chi connectivity index (χ3v) is 13.4. The second kappa shape index (κ2) is 11.6. The summed E-state index contributed by atoms with van der Waals surface area (Å²) in [5.74, 6) is 1.94. The van der Waals surface area contributed by atoms with Gasteiger partial charge in [-0.15, -0.1) is 0 Å². The molecule has 6 nitrogen and oxygen atoms in total. The van der Waals surface area contributed by atoms with Gasteiger partial charge in [0.1, 0.15) is 11.2 Å². The van der Waals surface area contributed by atoms with Gasteiger partial charge in [-0.3, -0.25) is 4.57 Å². The molecular formula is C51H37N5O. The zero-order chi connectivity index (χ0) is 37.2. The Labute approximate surface area is 329 Å². The highest BCUT2D eigenvalue weighted by Crippen LogP contribution is 2.61. The van der Waals surface area contributed by atoms with Crippen molar-refractivity contribution in [1.29, 1.82) is 0 Å². The van der Waals surface area contributed by atoms with E-state index >= 15 is 0 Å². The van der Waals surface area contributed by atoms with E-state index in [1.807, 2.05) is 12.1 Å². The van der Waals surface area contributed by atoms with Crippen LogP contribution in [0.1, 0.15) is 54.7 Å². The molecule has 57 heavy (non-hydrogen) atoms. The van der Waals surface area contributed by atoms with Crippen molar-refractivity contribution in [3.8, 4) is 17.3 Å². The molecule has 2 atom stereocenters. The van der Waals surface area contributed by atoms with Crippen LogP contribution in [-0.2, 0) is 5.41 Å². The van der Waals surface area contributed by atoms with E-state index in [4.69, 9.17) is 19.4 Å². The third kappa shape index (κ3) is 4.27. The van der Waals surface area contributed by atoms with Crippen LogP contribution < -0.4 is 4.90 Å². The smallest absolute Gasteiger partial charge is 0.240 e. The second-order valence-corrected chi connectivity index (χ2v) is 16.2. The Morgan fingerprint density at radius 2 is 1.23 bits per heavy atom. The van der Waals surface area contributed by atoms with Crippen LogP contribution in [0.4, 0.5) is 11.6 Å². The van der Waals surface area contributed by atoms with E-state index in [0.717, 1.165) is 55.0 Å². The molecule has 2 unspecified atom stereocenters. The average Bonchev–Trinajstić information content (AvgIpc) is 3.99. The number of allylic oxidation sites excluding steroid dienone is 2. The number of hydrogen-bond acceptors (Lipinski definition) is 5. The molecule has 4 aliphatic rings. The Bertz CT molecular complexity index is 3160. The standard InChI is InChI=1S/C51H37N5O/c1-12-27-51(28-13-1)40-22-7-2-15-31(40)38-29-39-34-18-5-10-25-44(34)56(45(39)30-41(38)51)50-53-48(37-21-14-20-36-35-19-6-11-26-46(35)57-47(36)37)52-49(54-50)55-42-23-8-3-16-32(42)33-17-4-9-24-43(33)55/h2-11,14-26,29-30,39,45H,1,12-13,27-28H2. The quantitative estimate of drug-likeness (QED) is 0.181. The van der Waals surface area contributed by atoms with Crippen molar-refractivity contribution in [3.05, 3.63) is 174 Å². The fourth-order valence-corrected chi connectivity index (χ4v) is 11.0. The number of hydrogen-bond donors (Lipinski definition) is 0. The normalized spacial score (nSPS) is 19.2. The molecule has 13 rings (SSSR count). The summed E-state index contributed by atoms with van der Waals surface area (Å²) in [5.41, 5.74) is 12.9. The van der Waals surface area contributed by atoms with Crippen LogP contribution in [-0.4, -0.2) is 25.6 Å². The number of furan rings is 1. The average molecular weight is 736 g/mol. The summed E-state index contributed by atoms with van der Waals surface area (Å²) in [6.45, 7) is 0. The van der Waals surface area contributed by atoms with Crippen LogP contribution in [0.25, 0.3) is 66.7 Å². The first-order chi connectivity index (χ1) is 28.2. The highest BCUT2D eigenvalue weighted by Gasteiger charge is 2.50. The Balaban J connectivity index is 1.08. The largest absolute Gasteiger partial charge is 0.455 e. The number of rotatable bonds is 3. The Morgan fingerprint density at radius 1 is 0.561 bits per heavy atom. The molecular weight excluding hydrogens is 699 g/mol. The van der Waals surface area contributed by atoms with E-state index < -0.39 is 0 Å². The molecule has 6 aromatic carbocycles. The molecule has 9 aromatic rings. The Morgan fingerprint density at radius 3 is 2.07 bits per heavy atom. The summed E-state index contributed by atoms with van der Waals surface area (Å²) in [6.07, 6.45) is 11.4. The minimum Gasteiger partial charge on any atom is -0.455 e. The maximum absolute atomic E-state index is 6.62. The van der Waals surface area contributed by atoms with Gasteiger partial charge in [0, 0.05) is 38.6 Å². The SMILES string of the molecule is C1=C2C(=CC3C1c1ccccc1N3c1nc(-c3cccc4c3oc3ccccc34)nc(-n3c4ccccc4c4ccccc43)n1)C1(CCCCC1)c1ccccc12. The highest BCUT2D eigenvalue weighted by atomic mass is 16.3. The van der Waals surface area contributed by atoms with Crippen molar-refractivity contribution in [3.63, 3.8) is 0 Å². The number of para-hydroxylation sites is 5. The van der Waals surface area contributed by atoms with Crippen molar-refractivity contribution >= 4 is 61.0 Å². The van der Waals surface area contributed by atoms with Crippen molar-refractivity contribution in [1.82, 2.24) is 19.5 Å². The predicted octanol–water partition coefficient (Wildman–Crippen LogP) is 12.4. The summed E-state index contributed by atoms with van der Waals surface area (Å²) in [4.78, 5) is 18.8. The van der Waals surface area contributed by atoms with Crippen molar-refractivity contribution < 1.29 is 4.42 Å². The molecule has 1 saturated carbocycles. The first-order valence-electron chi connectivity index (χ1n) is 20.3. The van der Waals surface area contributed by atoms with Crippen molar-refractivity contribution in [2.24, 2.45) is 0 Å². The van der Waals surface area contributed by atoms with E-state index in [1.165, 1.54) is 59.9 Å². The van der Waals surface area contributed by atoms with Crippen molar-refractivity contribution in [2.75, 3.05) is 4.90 Å². The van der Waals surface area contributed by atoms with Crippen LogP contribution in [0.3, 0.4) is 0 Å². The number of fused-ring (bicyclic) bond motifs is 14. The van der Waals surface area contributed by atoms with E-state index in [-0.39, 0.29) is 17.4 Å². The number of aromatic nitrogens is 4. The van der Waals surface area contributed by atoms with Gasteiger partial charge in [0.15, 0.2) is 5.82 Å². The summed E-state index contributed by atoms with van der Waals surface area (Å²) in [6, 6.07) is 49.7. The maximum Gasteiger partial charge on any atom is 0.240 e. The molecule has 1 spiro atoms. The van der Waals surface area contributed by atoms with Crippen molar-refractivity contribution in [2.45, 2.75) is 49.5 Å². The molecule has 0 bridgehead atoms. The van der Waals surface area contributed by atoms with Gasteiger partial charge in [-0.25, -0.2) is 0 Å². The fraction of sp³-hybridized carbons (Fsp3) is 0.157. The van der Waals surface area contributed by atoms with Crippen LogP contribution in [0.2, 0.25) is 0 Å². The molecule has 3 aliphatic carbocycles. The molecule has 1 aliphatic heterocycles. The number of benzene rings is 6. The molecule has 0 amide bonds. The number of anilines is 2. The zero-order valence-electron chi connectivity index (χ0n) is 31.3. The lowest BCUT2D eigenvalue weighted by Gasteiger charge is -2.39. The number of nitrogens with zero attached hydrogens (tertiary/aromatic N) is 5. The lowest BCUT2D eigenvalue weighted by Crippen LogP contribution is -2.35. The summed E-state index contributed by atoms with van der Waals surface area (Å²) >= 11 is 0. The van der Waals surface area contributed by atoms with Crippen LogP contribution in [0, 0.1) is 0 Å². The molecule has 3 aromatic heterocycles. The van der Waals surface area contributed by atoms with E-state index in [0.29, 0.717) is 17.7 Å². The van der Waals surface area contributed by atoms with Gasteiger partial charge in [-0.05, 0) is 71.0 Å².